The third-order valence-electron chi connectivity index (χ3n) is 6.86. The number of piperidine rings is 1. The van der Waals surface area contributed by atoms with Crippen molar-refractivity contribution < 1.29 is 9.53 Å². The van der Waals surface area contributed by atoms with E-state index in [1.807, 2.05) is 43.3 Å². The maximum Gasteiger partial charge on any atom is 0.338 e. The average molecular weight is 505 g/mol. The lowest BCUT2D eigenvalue weighted by Crippen LogP contribution is -2.38. The van der Waals surface area contributed by atoms with Crippen molar-refractivity contribution in [2.75, 3.05) is 13.2 Å². The van der Waals surface area contributed by atoms with Crippen LogP contribution < -0.4 is 5.32 Å². The summed E-state index contributed by atoms with van der Waals surface area (Å²) in [6.07, 6.45) is 8.47. The second-order valence-electron chi connectivity index (χ2n) is 9.60. The number of hydrogen-bond donors (Lipinski definition) is 2. The molecule has 0 aliphatic carbocycles. The minimum absolute atomic E-state index is 0.226. The highest BCUT2D eigenvalue weighted by atomic mass is 16.5. The van der Waals surface area contributed by atoms with E-state index in [4.69, 9.17) is 4.74 Å². The van der Waals surface area contributed by atoms with Gasteiger partial charge in [0.15, 0.2) is 0 Å². The summed E-state index contributed by atoms with van der Waals surface area (Å²) in [6, 6.07) is 17.7. The fraction of sp³-hybridized carbons (Fsp3) is 0.233. The number of carbonyl (C=O) groups excluding carboxylic acids is 1. The van der Waals surface area contributed by atoms with E-state index >= 15 is 0 Å². The number of nitrogens with one attached hydrogen (secondary N) is 2. The van der Waals surface area contributed by atoms with Crippen LogP contribution in [0, 0.1) is 6.92 Å². The van der Waals surface area contributed by atoms with Gasteiger partial charge in [-0.2, -0.15) is 0 Å². The number of aromatic amines is 1. The maximum absolute atomic E-state index is 12.7. The Morgan fingerprint density at radius 2 is 1.92 bits per heavy atom. The predicted octanol–water partition coefficient (Wildman–Crippen LogP) is 5.36. The first kappa shape index (κ1) is 23.9. The standard InChI is InChI=1S/C30H28N6O2/c1-19-5-4-7-26(36-19)29-28(34-18-35-29)20-8-9-25-22(13-20)14-23(16-33-25)27-15-21(10-12-32-27)30(37)38-17-24-6-2-3-11-31-24/h4-5,7-10,12-16,18,24,31H,2-3,6,11,17H2,1H3,(H,34,35)/t24-/m1/s1. The predicted molar refractivity (Wildman–Crippen MR) is 146 cm³/mol. The molecule has 6 rings (SSSR count). The number of aryl methyl sites for hydroxylation is 1. The van der Waals surface area contributed by atoms with Crippen molar-refractivity contribution >= 4 is 16.9 Å². The number of H-pyrrole nitrogens is 1. The molecule has 2 N–H and O–H groups in total. The zero-order chi connectivity index (χ0) is 25.9. The maximum atomic E-state index is 12.7. The minimum atomic E-state index is -0.340. The number of fused-ring (bicyclic) bond motifs is 1. The molecular weight excluding hydrogens is 476 g/mol. The van der Waals surface area contributed by atoms with Crippen LogP contribution in [-0.2, 0) is 4.74 Å². The van der Waals surface area contributed by atoms with Crippen LogP contribution in [0.5, 0.6) is 0 Å². The lowest BCUT2D eigenvalue weighted by molar-refractivity contribution is 0.0451. The molecule has 1 aliphatic rings. The number of esters is 1. The molecule has 8 heteroatoms. The summed E-state index contributed by atoms with van der Waals surface area (Å²) >= 11 is 0. The van der Waals surface area contributed by atoms with Gasteiger partial charge in [-0.1, -0.05) is 18.6 Å². The Kier molecular flexibility index (Phi) is 6.62. The molecule has 8 nitrogen and oxygen atoms in total. The fourth-order valence-electron chi connectivity index (χ4n) is 4.85. The quantitative estimate of drug-likeness (QED) is 0.300. The summed E-state index contributed by atoms with van der Waals surface area (Å²) in [6.45, 7) is 3.33. The molecule has 0 spiro atoms. The highest BCUT2D eigenvalue weighted by Gasteiger charge is 2.17. The number of imidazole rings is 1. The monoisotopic (exact) mass is 504 g/mol. The second kappa shape index (κ2) is 10.5. The van der Waals surface area contributed by atoms with Gasteiger partial charge >= 0.3 is 5.97 Å². The normalized spacial score (nSPS) is 15.4. The molecular formula is C30H28N6O2. The second-order valence-corrected chi connectivity index (χ2v) is 9.60. The molecule has 1 aromatic carbocycles. The minimum Gasteiger partial charge on any atom is -0.460 e. The van der Waals surface area contributed by atoms with Gasteiger partial charge in [0.1, 0.15) is 6.61 Å². The molecule has 0 amide bonds. The average Bonchev–Trinajstić information content (AvgIpc) is 3.46. The van der Waals surface area contributed by atoms with Crippen molar-refractivity contribution in [3.05, 3.63) is 84.6 Å². The first-order valence-electron chi connectivity index (χ1n) is 12.9. The topological polar surface area (TPSA) is 106 Å². The number of rotatable bonds is 6. The molecule has 5 aromatic rings. The lowest BCUT2D eigenvalue weighted by Gasteiger charge is -2.22. The SMILES string of the molecule is Cc1cccc(-c2[nH]cnc2-c2ccc3ncc(-c4cc(C(=O)OC[C@H]5CCCCN5)ccn4)cc3c2)n1. The van der Waals surface area contributed by atoms with Crippen LogP contribution in [0.3, 0.4) is 0 Å². The lowest BCUT2D eigenvalue weighted by atomic mass is 10.0. The van der Waals surface area contributed by atoms with Crippen LogP contribution in [0.25, 0.3) is 44.8 Å². The summed E-state index contributed by atoms with van der Waals surface area (Å²) in [5, 5.41) is 4.35. The summed E-state index contributed by atoms with van der Waals surface area (Å²) in [7, 11) is 0. The van der Waals surface area contributed by atoms with Crippen molar-refractivity contribution in [2.45, 2.75) is 32.2 Å². The van der Waals surface area contributed by atoms with Gasteiger partial charge in [0.2, 0.25) is 0 Å². The van der Waals surface area contributed by atoms with E-state index in [9.17, 15) is 4.79 Å². The summed E-state index contributed by atoms with van der Waals surface area (Å²) < 4.78 is 5.58. The van der Waals surface area contributed by atoms with Gasteiger partial charge in [0, 0.05) is 40.6 Å². The number of hydrogen-bond acceptors (Lipinski definition) is 7. The molecule has 0 bridgehead atoms. The number of pyridine rings is 3. The molecule has 38 heavy (non-hydrogen) atoms. The van der Waals surface area contributed by atoms with Crippen LogP contribution >= 0.6 is 0 Å². The molecule has 0 radical (unpaired) electrons. The third-order valence-corrected chi connectivity index (χ3v) is 6.86. The van der Waals surface area contributed by atoms with E-state index in [2.05, 4.69) is 36.3 Å². The van der Waals surface area contributed by atoms with Gasteiger partial charge in [0.05, 0.1) is 40.2 Å². The molecule has 0 unspecified atom stereocenters. The van der Waals surface area contributed by atoms with Crippen molar-refractivity contribution in [3.8, 4) is 33.9 Å². The van der Waals surface area contributed by atoms with Crippen LogP contribution in [0.1, 0.15) is 35.3 Å². The van der Waals surface area contributed by atoms with Gasteiger partial charge in [-0.15, -0.1) is 0 Å². The Hall–Kier alpha value is -4.43. The Balaban J connectivity index is 1.27. The molecule has 1 saturated heterocycles. The van der Waals surface area contributed by atoms with E-state index < -0.39 is 0 Å². The molecule has 190 valence electrons. The van der Waals surface area contributed by atoms with Crippen molar-refractivity contribution in [2.24, 2.45) is 0 Å². The van der Waals surface area contributed by atoms with Crippen molar-refractivity contribution in [1.29, 1.82) is 0 Å². The number of aromatic nitrogens is 5. The Morgan fingerprint density at radius 1 is 1.00 bits per heavy atom. The highest BCUT2D eigenvalue weighted by molar-refractivity contribution is 5.92. The van der Waals surface area contributed by atoms with Gasteiger partial charge in [-0.25, -0.2) is 9.78 Å². The Bertz CT molecular complexity index is 1610. The number of carbonyl (C=O) groups is 1. The highest BCUT2D eigenvalue weighted by Crippen LogP contribution is 2.31. The first-order valence-corrected chi connectivity index (χ1v) is 12.9. The van der Waals surface area contributed by atoms with Crippen LogP contribution in [0.2, 0.25) is 0 Å². The summed E-state index contributed by atoms with van der Waals surface area (Å²) in [4.78, 5) is 34.3. The Labute approximate surface area is 220 Å². The summed E-state index contributed by atoms with van der Waals surface area (Å²) in [5.74, 6) is -0.340. The van der Waals surface area contributed by atoms with Gasteiger partial charge in [-0.05, 0) is 68.8 Å². The fourth-order valence-corrected chi connectivity index (χ4v) is 4.85. The van der Waals surface area contributed by atoms with Gasteiger partial charge < -0.3 is 15.0 Å². The van der Waals surface area contributed by atoms with Crippen LogP contribution in [0.15, 0.2) is 73.3 Å². The first-order chi connectivity index (χ1) is 18.6. The van der Waals surface area contributed by atoms with E-state index in [1.54, 1.807) is 30.9 Å². The molecule has 1 atom stereocenters. The molecule has 1 fully saturated rings. The van der Waals surface area contributed by atoms with Crippen LogP contribution in [0.4, 0.5) is 0 Å². The molecule has 1 aliphatic heterocycles. The van der Waals surface area contributed by atoms with Gasteiger partial charge in [0.25, 0.3) is 0 Å². The number of ether oxygens (including phenoxy) is 1. The van der Waals surface area contributed by atoms with Crippen molar-refractivity contribution in [1.82, 2.24) is 30.2 Å². The zero-order valence-electron chi connectivity index (χ0n) is 21.1. The van der Waals surface area contributed by atoms with E-state index in [0.29, 0.717) is 17.9 Å². The Morgan fingerprint density at radius 3 is 2.79 bits per heavy atom. The largest absolute Gasteiger partial charge is 0.460 e. The van der Waals surface area contributed by atoms with Crippen LogP contribution in [-0.4, -0.2) is 50.1 Å². The van der Waals surface area contributed by atoms with Gasteiger partial charge in [-0.3, -0.25) is 15.0 Å². The zero-order valence-corrected chi connectivity index (χ0v) is 21.1. The molecule has 4 aromatic heterocycles. The smallest absolute Gasteiger partial charge is 0.338 e. The third kappa shape index (κ3) is 5.03. The number of nitrogens with zero attached hydrogens (tertiary/aromatic N) is 4. The summed E-state index contributed by atoms with van der Waals surface area (Å²) in [5.41, 5.74) is 7.26. The van der Waals surface area contributed by atoms with E-state index in [1.165, 1.54) is 6.42 Å². The molecule has 5 heterocycles. The number of benzene rings is 1. The van der Waals surface area contributed by atoms with Crippen molar-refractivity contribution in [3.63, 3.8) is 0 Å². The van der Waals surface area contributed by atoms with E-state index in [0.717, 1.165) is 64.2 Å². The molecule has 0 saturated carbocycles. The van der Waals surface area contributed by atoms with E-state index in [-0.39, 0.29) is 12.0 Å².